The highest BCUT2D eigenvalue weighted by Gasteiger charge is 1.99. The van der Waals surface area contributed by atoms with E-state index in [9.17, 15) is 4.79 Å². The summed E-state index contributed by atoms with van der Waals surface area (Å²) in [5.74, 6) is -0.0607. The Morgan fingerprint density at radius 1 is 1.00 bits per heavy atom. The Bertz CT molecular complexity index is 440. The first-order valence-corrected chi connectivity index (χ1v) is 5.82. The molecule has 0 saturated heterocycles. The maximum absolute atomic E-state index is 11.8. The van der Waals surface area contributed by atoms with Crippen molar-refractivity contribution in [1.82, 2.24) is 0 Å². The van der Waals surface area contributed by atoms with Gasteiger partial charge in [0.05, 0.1) is 0 Å². The van der Waals surface area contributed by atoms with Crippen molar-refractivity contribution >= 4 is 5.78 Å². The Balaban J connectivity index is 4.87. The molecule has 0 spiro atoms. The van der Waals surface area contributed by atoms with Gasteiger partial charge in [-0.05, 0) is 25.5 Å². The van der Waals surface area contributed by atoms with Gasteiger partial charge in [-0.1, -0.05) is 67.8 Å². The van der Waals surface area contributed by atoms with Crippen LogP contribution in [-0.4, -0.2) is 5.78 Å². The van der Waals surface area contributed by atoms with Crippen LogP contribution in [0.5, 0.6) is 0 Å². The molecule has 0 saturated carbocycles. The monoisotopic (exact) mass is 240 g/mol. The van der Waals surface area contributed by atoms with Crippen LogP contribution in [0.2, 0.25) is 0 Å². The van der Waals surface area contributed by atoms with Crippen molar-refractivity contribution in [1.29, 1.82) is 0 Å². The fourth-order valence-corrected chi connectivity index (χ4v) is 1.15. The Morgan fingerprint density at radius 2 is 1.72 bits per heavy atom. The number of hydrogen-bond acceptors (Lipinski definition) is 1. The van der Waals surface area contributed by atoms with E-state index < -0.39 is 0 Å². The normalized spacial score (nSPS) is 13.7. The van der Waals surface area contributed by atoms with Gasteiger partial charge < -0.3 is 0 Å². The number of rotatable bonds is 7. The molecule has 0 amide bonds. The van der Waals surface area contributed by atoms with Crippen LogP contribution in [0.1, 0.15) is 13.8 Å². The van der Waals surface area contributed by atoms with E-state index in [-0.39, 0.29) is 5.78 Å². The Kier molecular flexibility index (Phi) is 8.83. The fourth-order valence-electron chi connectivity index (χ4n) is 1.15. The van der Waals surface area contributed by atoms with E-state index in [1.165, 1.54) is 0 Å². The molecule has 0 heterocycles. The summed E-state index contributed by atoms with van der Waals surface area (Å²) in [6.07, 6.45) is 17.6. The molecule has 94 valence electrons. The minimum atomic E-state index is -0.0607. The largest absolute Gasteiger partial charge is 0.289 e. The maximum Gasteiger partial charge on any atom is 0.185 e. The fraction of sp³-hybridized carbons (Fsp3) is 0.118. The molecule has 18 heavy (non-hydrogen) atoms. The second kappa shape index (κ2) is 10.0. The maximum atomic E-state index is 11.8. The number of hydrogen-bond donors (Lipinski definition) is 0. The van der Waals surface area contributed by atoms with Crippen LogP contribution in [-0.2, 0) is 4.79 Å². The molecule has 0 aromatic heterocycles. The van der Waals surface area contributed by atoms with Crippen molar-refractivity contribution in [2.75, 3.05) is 0 Å². The smallest absolute Gasteiger partial charge is 0.185 e. The molecular weight excluding hydrogens is 220 g/mol. The summed E-state index contributed by atoms with van der Waals surface area (Å²) in [5, 5.41) is 0. The number of carbonyl (C=O) groups excluding carboxylic acids is 1. The summed E-state index contributed by atoms with van der Waals surface area (Å²) in [6, 6.07) is 0. The summed E-state index contributed by atoms with van der Waals surface area (Å²) >= 11 is 0. The molecule has 0 radical (unpaired) electrons. The van der Waals surface area contributed by atoms with Crippen LogP contribution >= 0.6 is 0 Å². The summed E-state index contributed by atoms with van der Waals surface area (Å²) in [6.45, 7) is 11.1. The van der Waals surface area contributed by atoms with Crippen molar-refractivity contribution in [3.05, 3.63) is 85.1 Å². The van der Waals surface area contributed by atoms with Gasteiger partial charge in [-0.25, -0.2) is 0 Å². The van der Waals surface area contributed by atoms with Gasteiger partial charge >= 0.3 is 0 Å². The standard InChI is InChI=1S/C17H20O/c1-5-9-11-15(7-3)13-14-17(18)16(8-4)12-10-6-2/h5-14H,1,4H2,2-3H3/b10-6-,11-9-,14-13+,15-7+,16-12+. The first-order valence-electron chi connectivity index (χ1n) is 5.82. The second-order valence-corrected chi connectivity index (χ2v) is 3.43. The van der Waals surface area contributed by atoms with Gasteiger partial charge in [0.1, 0.15) is 0 Å². The lowest BCUT2D eigenvalue weighted by Gasteiger charge is -1.95. The van der Waals surface area contributed by atoms with Crippen LogP contribution in [0.4, 0.5) is 0 Å². The molecule has 0 N–H and O–H groups in total. The minimum absolute atomic E-state index is 0.0607. The minimum Gasteiger partial charge on any atom is -0.289 e. The van der Waals surface area contributed by atoms with E-state index in [4.69, 9.17) is 0 Å². The summed E-state index contributed by atoms with van der Waals surface area (Å²) in [5.41, 5.74) is 1.53. The third-order valence-corrected chi connectivity index (χ3v) is 2.16. The lowest BCUT2D eigenvalue weighted by molar-refractivity contribution is -0.111. The summed E-state index contributed by atoms with van der Waals surface area (Å²) < 4.78 is 0. The Morgan fingerprint density at radius 3 is 2.22 bits per heavy atom. The molecule has 1 nitrogen and oxygen atoms in total. The number of ketones is 1. The van der Waals surface area contributed by atoms with Crippen molar-refractivity contribution in [3.8, 4) is 0 Å². The Hall–Kier alpha value is -2.15. The molecule has 0 aliphatic carbocycles. The van der Waals surface area contributed by atoms with Crippen molar-refractivity contribution < 1.29 is 4.79 Å². The van der Waals surface area contributed by atoms with Crippen LogP contribution in [0.15, 0.2) is 85.1 Å². The van der Waals surface area contributed by atoms with Gasteiger partial charge in [0, 0.05) is 5.57 Å². The lowest BCUT2D eigenvalue weighted by Crippen LogP contribution is -1.95. The van der Waals surface area contributed by atoms with Gasteiger partial charge in [0.25, 0.3) is 0 Å². The van der Waals surface area contributed by atoms with Crippen molar-refractivity contribution in [3.63, 3.8) is 0 Å². The third-order valence-electron chi connectivity index (χ3n) is 2.16. The van der Waals surface area contributed by atoms with Crippen LogP contribution in [0, 0.1) is 0 Å². The van der Waals surface area contributed by atoms with E-state index in [0.717, 1.165) is 5.57 Å². The molecular formula is C17H20O. The van der Waals surface area contributed by atoms with E-state index in [0.29, 0.717) is 5.57 Å². The first kappa shape index (κ1) is 15.9. The van der Waals surface area contributed by atoms with Gasteiger partial charge in [-0.15, -0.1) is 0 Å². The van der Waals surface area contributed by atoms with Crippen LogP contribution < -0.4 is 0 Å². The molecule has 0 bridgehead atoms. The highest BCUT2D eigenvalue weighted by molar-refractivity contribution is 6.06. The second-order valence-electron chi connectivity index (χ2n) is 3.43. The van der Waals surface area contributed by atoms with Crippen molar-refractivity contribution in [2.24, 2.45) is 0 Å². The Labute approximate surface area is 110 Å². The molecule has 0 unspecified atom stereocenters. The highest BCUT2D eigenvalue weighted by atomic mass is 16.1. The zero-order chi connectivity index (χ0) is 13.8. The predicted octanol–water partition coefficient (Wildman–Crippen LogP) is 4.49. The lowest BCUT2D eigenvalue weighted by atomic mass is 10.1. The van der Waals surface area contributed by atoms with Gasteiger partial charge in [-0.2, -0.15) is 0 Å². The van der Waals surface area contributed by atoms with Crippen LogP contribution in [0.3, 0.4) is 0 Å². The molecule has 0 rings (SSSR count). The first-order chi connectivity index (χ1) is 8.69. The molecule has 0 aliphatic rings. The van der Waals surface area contributed by atoms with E-state index in [1.54, 1.807) is 30.4 Å². The SMILES string of the molecule is C=C\C=C/C(/C=C/C(=O)/C(C=C)=C/C=C\C)=C\C. The van der Waals surface area contributed by atoms with Crippen LogP contribution in [0.25, 0.3) is 0 Å². The third kappa shape index (κ3) is 6.44. The predicted molar refractivity (Wildman–Crippen MR) is 80.3 cm³/mol. The molecule has 1 heteroatoms. The van der Waals surface area contributed by atoms with E-state index >= 15 is 0 Å². The average Bonchev–Trinajstić information content (AvgIpc) is 2.39. The zero-order valence-electron chi connectivity index (χ0n) is 11.1. The van der Waals surface area contributed by atoms with Crippen molar-refractivity contribution in [2.45, 2.75) is 13.8 Å². The molecule has 0 aromatic carbocycles. The van der Waals surface area contributed by atoms with Gasteiger partial charge in [0.15, 0.2) is 5.78 Å². The number of carbonyl (C=O) groups is 1. The van der Waals surface area contributed by atoms with Gasteiger partial charge in [-0.3, -0.25) is 4.79 Å². The highest BCUT2D eigenvalue weighted by Crippen LogP contribution is 2.04. The summed E-state index contributed by atoms with van der Waals surface area (Å²) in [4.78, 5) is 11.8. The molecule has 0 aromatic rings. The average molecular weight is 240 g/mol. The zero-order valence-corrected chi connectivity index (χ0v) is 11.1. The summed E-state index contributed by atoms with van der Waals surface area (Å²) in [7, 11) is 0. The topological polar surface area (TPSA) is 17.1 Å². The van der Waals surface area contributed by atoms with Gasteiger partial charge in [0.2, 0.25) is 0 Å². The number of allylic oxidation sites excluding steroid dienone is 12. The van der Waals surface area contributed by atoms with E-state index in [1.807, 2.05) is 44.2 Å². The van der Waals surface area contributed by atoms with E-state index in [2.05, 4.69) is 13.2 Å². The quantitative estimate of drug-likeness (QED) is 0.473. The molecule has 0 aliphatic heterocycles. The molecule has 0 atom stereocenters. The molecule has 0 fully saturated rings.